The van der Waals surface area contributed by atoms with Crippen LogP contribution < -0.4 is 4.90 Å². The number of fused-ring (bicyclic) bond motifs is 5. The number of nitrogens with zero attached hydrogens (tertiary/aromatic N) is 1. The van der Waals surface area contributed by atoms with Gasteiger partial charge in [0.15, 0.2) is 0 Å². The second-order valence-corrected chi connectivity index (χ2v) is 15.7. The predicted molar refractivity (Wildman–Crippen MR) is 249 cm³/mol. The first kappa shape index (κ1) is 34.7. The quantitative estimate of drug-likeness (QED) is 0.157. The summed E-state index contributed by atoms with van der Waals surface area (Å²) < 4.78 is 0. The minimum atomic E-state index is -0.527. The molecule has 59 heavy (non-hydrogen) atoms. The Morgan fingerprint density at radius 1 is 0.373 bits per heavy atom. The number of hydrogen-bond donors (Lipinski definition) is 0. The summed E-state index contributed by atoms with van der Waals surface area (Å²) in [5.74, 6) is 0. The van der Waals surface area contributed by atoms with Crippen molar-refractivity contribution in [3.63, 3.8) is 0 Å². The summed E-state index contributed by atoms with van der Waals surface area (Å²) in [6, 6.07) is 84.9. The van der Waals surface area contributed by atoms with Crippen molar-refractivity contribution in [2.45, 2.75) is 12.3 Å². The number of hydrogen-bond acceptors (Lipinski definition) is 1. The van der Waals surface area contributed by atoms with Gasteiger partial charge < -0.3 is 4.90 Å². The van der Waals surface area contributed by atoms with E-state index in [-0.39, 0.29) is 0 Å². The summed E-state index contributed by atoms with van der Waals surface area (Å²) in [6.45, 7) is 2.23. The Morgan fingerprint density at radius 2 is 0.915 bits per heavy atom. The van der Waals surface area contributed by atoms with Crippen LogP contribution in [0.4, 0.5) is 17.1 Å². The molecule has 0 saturated carbocycles. The molecule has 10 aromatic carbocycles. The second kappa shape index (κ2) is 14.2. The topological polar surface area (TPSA) is 3.24 Å². The van der Waals surface area contributed by atoms with Crippen molar-refractivity contribution in [3.8, 4) is 33.4 Å². The third-order valence-electron chi connectivity index (χ3n) is 12.4. The first-order valence-electron chi connectivity index (χ1n) is 20.5. The van der Waals surface area contributed by atoms with Gasteiger partial charge >= 0.3 is 0 Å². The third-order valence-corrected chi connectivity index (χ3v) is 12.4. The highest BCUT2D eigenvalue weighted by atomic mass is 15.1. The second-order valence-electron chi connectivity index (χ2n) is 15.7. The Bertz CT molecular complexity index is 3120. The van der Waals surface area contributed by atoms with Crippen LogP contribution in [0.5, 0.6) is 0 Å². The fourth-order valence-corrected chi connectivity index (χ4v) is 9.80. The minimum Gasteiger partial charge on any atom is -0.309 e. The van der Waals surface area contributed by atoms with E-state index in [1.807, 2.05) is 0 Å². The van der Waals surface area contributed by atoms with Crippen molar-refractivity contribution in [2.24, 2.45) is 0 Å². The number of rotatable bonds is 7. The van der Waals surface area contributed by atoms with E-state index in [2.05, 4.69) is 242 Å². The molecule has 0 radical (unpaired) electrons. The first-order chi connectivity index (χ1) is 29.2. The van der Waals surface area contributed by atoms with E-state index < -0.39 is 5.41 Å². The van der Waals surface area contributed by atoms with Crippen LogP contribution in [-0.4, -0.2) is 0 Å². The fraction of sp³-hybridized carbons (Fsp3) is 0.0345. The van der Waals surface area contributed by atoms with E-state index in [1.54, 1.807) is 0 Å². The van der Waals surface area contributed by atoms with Gasteiger partial charge in [-0.1, -0.05) is 200 Å². The molecule has 11 rings (SSSR count). The fourth-order valence-electron chi connectivity index (χ4n) is 9.80. The number of benzene rings is 10. The average molecular weight is 752 g/mol. The lowest BCUT2D eigenvalue weighted by Crippen LogP contribution is -2.28. The Labute approximate surface area is 346 Å². The van der Waals surface area contributed by atoms with Crippen LogP contribution >= 0.6 is 0 Å². The third kappa shape index (κ3) is 5.54. The maximum Gasteiger partial charge on any atom is 0.0714 e. The molecule has 0 aliphatic heterocycles. The molecule has 0 N–H and O–H groups in total. The van der Waals surface area contributed by atoms with Crippen LogP contribution in [-0.2, 0) is 5.41 Å². The Hall–Kier alpha value is -7.48. The van der Waals surface area contributed by atoms with Gasteiger partial charge in [-0.3, -0.25) is 0 Å². The highest BCUT2D eigenvalue weighted by Gasteiger charge is 2.48. The van der Waals surface area contributed by atoms with Gasteiger partial charge in [-0.25, -0.2) is 0 Å². The Kier molecular flexibility index (Phi) is 8.34. The molecule has 0 atom stereocenters. The molecule has 10 aromatic rings. The molecule has 0 saturated heterocycles. The van der Waals surface area contributed by atoms with Crippen molar-refractivity contribution >= 4 is 38.6 Å². The number of aryl methyl sites for hydroxylation is 1. The molecule has 0 fully saturated rings. The molecule has 0 bridgehead atoms. The SMILES string of the molecule is Cc1ccccc1N(c1ccc(-c2ccccc2-c2ccc3ccccc3c2)cc1)c1c2c(cc3ccccc13)C(c1ccccc1)(c1ccccc1)c1ccccc1-2. The normalized spacial score (nSPS) is 12.6. The lowest BCUT2D eigenvalue weighted by molar-refractivity contribution is 0.769. The highest BCUT2D eigenvalue weighted by Crippen LogP contribution is 2.61. The molecular weight excluding hydrogens is 711 g/mol. The predicted octanol–water partition coefficient (Wildman–Crippen LogP) is 15.5. The summed E-state index contributed by atoms with van der Waals surface area (Å²) in [6.07, 6.45) is 0. The largest absolute Gasteiger partial charge is 0.309 e. The van der Waals surface area contributed by atoms with Gasteiger partial charge in [0.1, 0.15) is 0 Å². The van der Waals surface area contributed by atoms with Crippen LogP contribution in [0, 0.1) is 6.92 Å². The standard InChI is InChI=1S/C58H41N/c1-40-18-8-17-31-55(40)59(48-36-34-42(35-37-48)49-26-13-14-27-50(49)45-33-32-41-19-9-10-20-43(41)38-45)57-51-28-12-11-21-44(51)39-54-56(57)52-29-15-16-30-53(52)58(54,46-22-4-2-5-23-46)47-24-6-3-7-25-47/h2-39H,1H3. The number of anilines is 3. The van der Waals surface area contributed by atoms with Crippen LogP contribution in [0.2, 0.25) is 0 Å². The lowest BCUT2D eigenvalue weighted by Gasteiger charge is -2.35. The summed E-state index contributed by atoms with van der Waals surface area (Å²) in [5.41, 5.74) is 16.6. The van der Waals surface area contributed by atoms with E-state index in [4.69, 9.17) is 0 Å². The van der Waals surface area contributed by atoms with Gasteiger partial charge in [0, 0.05) is 22.3 Å². The molecule has 0 unspecified atom stereocenters. The molecule has 0 spiro atoms. The summed E-state index contributed by atoms with van der Waals surface area (Å²) in [7, 11) is 0. The molecule has 0 heterocycles. The maximum atomic E-state index is 2.53. The van der Waals surface area contributed by atoms with Crippen LogP contribution in [0.25, 0.3) is 54.9 Å². The van der Waals surface area contributed by atoms with Crippen molar-refractivity contribution in [1.29, 1.82) is 0 Å². The molecule has 1 nitrogen and oxygen atoms in total. The zero-order valence-electron chi connectivity index (χ0n) is 32.9. The minimum absolute atomic E-state index is 0.527. The van der Waals surface area contributed by atoms with Crippen LogP contribution in [0.1, 0.15) is 27.8 Å². The first-order valence-corrected chi connectivity index (χ1v) is 20.5. The molecule has 1 aliphatic rings. The van der Waals surface area contributed by atoms with Crippen molar-refractivity contribution in [3.05, 3.63) is 258 Å². The Balaban J connectivity index is 1.17. The van der Waals surface area contributed by atoms with Crippen molar-refractivity contribution in [2.75, 3.05) is 4.90 Å². The van der Waals surface area contributed by atoms with Crippen molar-refractivity contribution < 1.29 is 0 Å². The van der Waals surface area contributed by atoms with E-state index in [0.717, 1.165) is 11.4 Å². The molecule has 278 valence electrons. The van der Waals surface area contributed by atoms with Crippen LogP contribution in [0.15, 0.2) is 231 Å². The van der Waals surface area contributed by atoms with Gasteiger partial charge in [-0.15, -0.1) is 0 Å². The van der Waals surface area contributed by atoms with Crippen LogP contribution in [0.3, 0.4) is 0 Å². The molecular formula is C58H41N. The van der Waals surface area contributed by atoms with E-state index >= 15 is 0 Å². The van der Waals surface area contributed by atoms with E-state index in [1.165, 1.54) is 88.4 Å². The summed E-state index contributed by atoms with van der Waals surface area (Å²) in [4.78, 5) is 2.53. The van der Waals surface area contributed by atoms with E-state index in [9.17, 15) is 0 Å². The molecule has 0 aromatic heterocycles. The highest BCUT2D eigenvalue weighted by molar-refractivity contribution is 6.11. The van der Waals surface area contributed by atoms with Gasteiger partial charge in [0.2, 0.25) is 0 Å². The van der Waals surface area contributed by atoms with E-state index in [0.29, 0.717) is 0 Å². The summed E-state index contributed by atoms with van der Waals surface area (Å²) >= 11 is 0. The van der Waals surface area contributed by atoms with Gasteiger partial charge in [0.05, 0.1) is 11.1 Å². The zero-order chi connectivity index (χ0) is 39.3. The van der Waals surface area contributed by atoms with Gasteiger partial charge in [0.25, 0.3) is 0 Å². The monoisotopic (exact) mass is 751 g/mol. The lowest BCUT2D eigenvalue weighted by atomic mass is 9.67. The zero-order valence-corrected chi connectivity index (χ0v) is 32.9. The molecule has 1 aliphatic carbocycles. The maximum absolute atomic E-state index is 2.53. The molecule has 1 heteroatoms. The van der Waals surface area contributed by atoms with Gasteiger partial charge in [-0.05, 0) is 109 Å². The molecule has 0 amide bonds. The summed E-state index contributed by atoms with van der Waals surface area (Å²) in [5, 5.41) is 4.93. The van der Waals surface area contributed by atoms with Gasteiger partial charge in [-0.2, -0.15) is 0 Å². The smallest absolute Gasteiger partial charge is 0.0714 e. The number of para-hydroxylation sites is 1. The Morgan fingerprint density at radius 3 is 1.63 bits per heavy atom. The van der Waals surface area contributed by atoms with Crippen molar-refractivity contribution in [1.82, 2.24) is 0 Å². The average Bonchev–Trinajstić information content (AvgIpc) is 3.60.